The van der Waals surface area contributed by atoms with E-state index in [4.69, 9.17) is 4.42 Å². The molecule has 2 aliphatic rings. The van der Waals surface area contributed by atoms with Crippen LogP contribution in [-0.2, 0) is 11.3 Å². The summed E-state index contributed by atoms with van der Waals surface area (Å²) >= 11 is 0. The van der Waals surface area contributed by atoms with Crippen LogP contribution in [0.4, 0.5) is 0 Å². The van der Waals surface area contributed by atoms with E-state index in [-0.39, 0.29) is 11.8 Å². The minimum Gasteiger partial charge on any atom is -0.464 e. The Balaban J connectivity index is 1.56. The summed E-state index contributed by atoms with van der Waals surface area (Å²) in [5.74, 6) is 3.76. The SMILES string of the molecule is CC1CC(C(=O)N(C)Cc2ccc(C3CC3C)o2)CCN1. The average molecular weight is 290 g/mol. The van der Waals surface area contributed by atoms with Gasteiger partial charge in [0.05, 0.1) is 6.54 Å². The summed E-state index contributed by atoms with van der Waals surface area (Å²) in [5.41, 5.74) is 0. The van der Waals surface area contributed by atoms with E-state index >= 15 is 0 Å². The third kappa shape index (κ3) is 3.31. The van der Waals surface area contributed by atoms with E-state index in [1.165, 1.54) is 6.42 Å². The van der Waals surface area contributed by atoms with Crippen molar-refractivity contribution in [3.63, 3.8) is 0 Å². The first-order valence-corrected chi connectivity index (χ1v) is 8.11. The summed E-state index contributed by atoms with van der Waals surface area (Å²) in [6.45, 7) is 5.92. The van der Waals surface area contributed by atoms with Gasteiger partial charge in [-0.05, 0) is 50.8 Å². The van der Waals surface area contributed by atoms with Crippen molar-refractivity contribution in [3.05, 3.63) is 23.7 Å². The Hall–Kier alpha value is -1.29. The number of hydrogen-bond donors (Lipinski definition) is 1. The second-order valence-corrected chi connectivity index (χ2v) is 6.89. The van der Waals surface area contributed by atoms with Crippen LogP contribution in [0.15, 0.2) is 16.5 Å². The summed E-state index contributed by atoms with van der Waals surface area (Å²) in [5, 5.41) is 3.39. The highest BCUT2D eigenvalue weighted by atomic mass is 16.3. The molecule has 1 saturated heterocycles. The second kappa shape index (κ2) is 5.84. The van der Waals surface area contributed by atoms with Crippen molar-refractivity contribution in [2.45, 2.75) is 51.6 Å². The number of nitrogens with zero attached hydrogens (tertiary/aromatic N) is 1. The summed E-state index contributed by atoms with van der Waals surface area (Å²) in [6, 6.07) is 4.54. The summed E-state index contributed by atoms with van der Waals surface area (Å²) in [4.78, 5) is 14.3. The number of nitrogens with one attached hydrogen (secondary N) is 1. The van der Waals surface area contributed by atoms with Crippen molar-refractivity contribution in [2.24, 2.45) is 11.8 Å². The normalized spacial score (nSPS) is 32.0. The van der Waals surface area contributed by atoms with Crippen molar-refractivity contribution in [2.75, 3.05) is 13.6 Å². The molecular formula is C17H26N2O2. The molecule has 4 atom stereocenters. The van der Waals surface area contributed by atoms with Crippen LogP contribution < -0.4 is 5.32 Å². The zero-order valence-electron chi connectivity index (χ0n) is 13.3. The maximum absolute atomic E-state index is 12.5. The van der Waals surface area contributed by atoms with Gasteiger partial charge in [0.15, 0.2) is 0 Å². The molecule has 3 rings (SSSR count). The summed E-state index contributed by atoms with van der Waals surface area (Å²) in [6.07, 6.45) is 3.11. The van der Waals surface area contributed by atoms with E-state index < -0.39 is 0 Å². The third-order valence-corrected chi connectivity index (χ3v) is 4.90. The first-order valence-electron chi connectivity index (χ1n) is 8.11. The Labute approximate surface area is 126 Å². The number of furan rings is 1. The van der Waals surface area contributed by atoms with Crippen LogP contribution >= 0.6 is 0 Å². The van der Waals surface area contributed by atoms with Gasteiger partial charge in [-0.15, -0.1) is 0 Å². The molecule has 0 radical (unpaired) electrons. The number of rotatable bonds is 4. The zero-order chi connectivity index (χ0) is 15.0. The van der Waals surface area contributed by atoms with Gasteiger partial charge in [-0.3, -0.25) is 4.79 Å². The molecule has 1 aromatic heterocycles. The first kappa shape index (κ1) is 14.6. The van der Waals surface area contributed by atoms with Gasteiger partial charge in [0.25, 0.3) is 0 Å². The highest BCUT2D eigenvalue weighted by Crippen LogP contribution is 2.47. The molecule has 116 valence electrons. The number of carbonyl (C=O) groups excluding carboxylic acids is 1. The Morgan fingerprint density at radius 2 is 2.14 bits per heavy atom. The lowest BCUT2D eigenvalue weighted by atomic mass is 9.92. The van der Waals surface area contributed by atoms with Gasteiger partial charge < -0.3 is 14.6 Å². The van der Waals surface area contributed by atoms with E-state index in [1.807, 2.05) is 18.0 Å². The largest absolute Gasteiger partial charge is 0.464 e. The van der Waals surface area contributed by atoms with E-state index in [0.29, 0.717) is 18.5 Å². The second-order valence-electron chi connectivity index (χ2n) is 6.89. The van der Waals surface area contributed by atoms with Crippen LogP contribution in [0, 0.1) is 11.8 Å². The van der Waals surface area contributed by atoms with E-state index in [1.54, 1.807) is 0 Å². The molecule has 2 heterocycles. The molecule has 1 aliphatic carbocycles. The quantitative estimate of drug-likeness (QED) is 0.927. The molecule has 1 aliphatic heterocycles. The fourth-order valence-electron chi connectivity index (χ4n) is 3.38. The fourth-order valence-corrected chi connectivity index (χ4v) is 3.38. The first-order chi connectivity index (χ1) is 10.0. The van der Waals surface area contributed by atoms with E-state index in [2.05, 4.69) is 25.2 Å². The maximum atomic E-state index is 12.5. The van der Waals surface area contributed by atoms with Crippen molar-refractivity contribution >= 4 is 5.91 Å². The zero-order valence-corrected chi connectivity index (χ0v) is 13.3. The molecule has 1 N–H and O–H groups in total. The predicted octanol–water partition coefficient (Wildman–Crippen LogP) is 2.75. The van der Waals surface area contributed by atoms with Crippen molar-refractivity contribution < 1.29 is 9.21 Å². The molecule has 2 fully saturated rings. The highest BCUT2D eigenvalue weighted by molar-refractivity contribution is 5.78. The van der Waals surface area contributed by atoms with Crippen molar-refractivity contribution in [1.82, 2.24) is 10.2 Å². The summed E-state index contributed by atoms with van der Waals surface area (Å²) < 4.78 is 5.90. The third-order valence-electron chi connectivity index (χ3n) is 4.90. The molecule has 4 nitrogen and oxygen atoms in total. The molecule has 0 aromatic carbocycles. The average Bonchev–Trinajstić information content (AvgIpc) is 3.01. The lowest BCUT2D eigenvalue weighted by molar-refractivity contribution is -0.136. The molecule has 1 aromatic rings. The van der Waals surface area contributed by atoms with Gasteiger partial charge in [0, 0.05) is 24.9 Å². The Bertz CT molecular complexity index is 511. The standard InChI is InChI=1S/C17H26N2O2/c1-11-8-15(11)16-5-4-14(21-16)10-19(3)17(20)13-6-7-18-12(2)9-13/h4-5,11-13,15,18H,6-10H2,1-3H3. The van der Waals surface area contributed by atoms with Crippen LogP contribution in [0.1, 0.15) is 50.5 Å². The number of carbonyl (C=O) groups is 1. The number of amides is 1. The van der Waals surface area contributed by atoms with Crippen LogP contribution in [-0.4, -0.2) is 30.4 Å². The fraction of sp³-hybridized carbons (Fsp3) is 0.706. The molecule has 21 heavy (non-hydrogen) atoms. The van der Waals surface area contributed by atoms with E-state index in [0.717, 1.165) is 36.8 Å². The molecule has 0 bridgehead atoms. The topological polar surface area (TPSA) is 45.5 Å². The molecular weight excluding hydrogens is 264 g/mol. The monoisotopic (exact) mass is 290 g/mol. The number of hydrogen-bond acceptors (Lipinski definition) is 3. The highest BCUT2D eigenvalue weighted by Gasteiger charge is 2.36. The van der Waals surface area contributed by atoms with Gasteiger partial charge in [0.1, 0.15) is 11.5 Å². The predicted molar refractivity (Wildman–Crippen MR) is 81.9 cm³/mol. The number of piperidine rings is 1. The van der Waals surface area contributed by atoms with Gasteiger partial charge in [-0.1, -0.05) is 6.92 Å². The maximum Gasteiger partial charge on any atom is 0.225 e. The molecule has 0 spiro atoms. The smallest absolute Gasteiger partial charge is 0.225 e. The van der Waals surface area contributed by atoms with Gasteiger partial charge >= 0.3 is 0 Å². The van der Waals surface area contributed by atoms with Crippen LogP contribution in [0.3, 0.4) is 0 Å². The summed E-state index contributed by atoms with van der Waals surface area (Å²) in [7, 11) is 1.89. The van der Waals surface area contributed by atoms with Crippen molar-refractivity contribution in [1.29, 1.82) is 0 Å². The van der Waals surface area contributed by atoms with Gasteiger partial charge in [-0.25, -0.2) is 0 Å². The van der Waals surface area contributed by atoms with Gasteiger partial charge in [0.2, 0.25) is 5.91 Å². The minimum atomic E-state index is 0.157. The Kier molecular flexibility index (Phi) is 4.07. The van der Waals surface area contributed by atoms with Crippen LogP contribution in [0.2, 0.25) is 0 Å². The Morgan fingerprint density at radius 3 is 2.81 bits per heavy atom. The van der Waals surface area contributed by atoms with Gasteiger partial charge in [-0.2, -0.15) is 0 Å². The molecule has 4 unspecified atom stereocenters. The Morgan fingerprint density at radius 1 is 1.38 bits per heavy atom. The van der Waals surface area contributed by atoms with Crippen molar-refractivity contribution in [3.8, 4) is 0 Å². The van der Waals surface area contributed by atoms with Crippen LogP contribution in [0.5, 0.6) is 0 Å². The van der Waals surface area contributed by atoms with E-state index in [9.17, 15) is 4.79 Å². The molecule has 4 heteroatoms. The lowest BCUT2D eigenvalue weighted by Gasteiger charge is -2.30. The lowest BCUT2D eigenvalue weighted by Crippen LogP contribution is -2.42. The molecule has 1 saturated carbocycles. The van der Waals surface area contributed by atoms with Crippen LogP contribution in [0.25, 0.3) is 0 Å². The minimum absolute atomic E-state index is 0.157. The molecule has 1 amide bonds.